The quantitative estimate of drug-likeness (QED) is 0.412. The van der Waals surface area contributed by atoms with Gasteiger partial charge < -0.3 is 4.90 Å². The molecule has 7 heteroatoms. The highest BCUT2D eigenvalue weighted by Crippen LogP contribution is 2.19. The molecule has 1 amide bonds. The molecule has 3 aromatic rings. The first-order valence-electron chi connectivity index (χ1n) is 9.68. The van der Waals surface area contributed by atoms with Crippen molar-refractivity contribution in [2.45, 2.75) is 38.5 Å². The van der Waals surface area contributed by atoms with Crippen LogP contribution in [0.1, 0.15) is 25.8 Å². The van der Waals surface area contributed by atoms with E-state index in [1.807, 2.05) is 26.0 Å². The van der Waals surface area contributed by atoms with Crippen LogP contribution in [-0.2, 0) is 17.9 Å². The van der Waals surface area contributed by atoms with Gasteiger partial charge in [-0.1, -0.05) is 43.0 Å². The molecule has 0 saturated carbocycles. The van der Waals surface area contributed by atoms with Gasteiger partial charge in [0.2, 0.25) is 5.91 Å². The number of amides is 1. The first-order valence-corrected chi connectivity index (χ1v) is 10.7. The molecule has 5 nitrogen and oxygen atoms in total. The molecule has 0 atom stereocenters. The molecule has 0 fully saturated rings. The Morgan fingerprint density at radius 1 is 1.17 bits per heavy atom. The summed E-state index contributed by atoms with van der Waals surface area (Å²) in [7, 11) is 0. The van der Waals surface area contributed by atoms with Gasteiger partial charge in [0, 0.05) is 19.6 Å². The third-order valence-electron chi connectivity index (χ3n) is 4.60. The van der Waals surface area contributed by atoms with Gasteiger partial charge in [0.15, 0.2) is 5.16 Å². The van der Waals surface area contributed by atoms with Crippen LogP contribution >= 0.6 is 11.8 Å². The van der Waals surface area contributed by atoms with E-state index in [1.54, 1.807) is 33.7 Å². The van der Waals surface area contributed by atoms with Crippen molar-refractivity contribution in [3.63, 3.8) is 0 Å². The molecule has 152 valence electrons. The van der Waals surface area contributed by atoms with Gasteiger partial charge >= 0.3 is 0 Å². The highest BCUT2D eigenvalue weighted by molar-refractivity contribution is 7.99. The Kier molecular flexibility index (Phi) is 7.04. The van der Waals surface area contributed by atoms with Crippen molar-refractivity contribution in [1.29, 1.82) is 0 Å². The first-order chi connectivity index (χ1) is 14.0. The number of para-hydroxylation sites is 1. The lowest BCUT2D eigenvalue weighted by Gasteiger charge is -2.21. The molecule has 0 aliphatic heterocycles. The number of hydrogen-bond donors (Lipinski definition) is 0. The third-order valence-corrected chi connectivity index (χ3v) is 5.56. The maximum atomic E-state index is 13.4. The van der Waals surface area contributed by atoms with Crippen LogP contribution in [0, 0.1) is 5.82 Å². The van der Waals surface area contributed by atoms with E-state index in [1.165, 1.54) is 23.9 Å². The molecule has 3 rings (SSSR count). The highest BCUT2D eigenvalue weighted by Gasteiger charge is 2.16. The predicted molar refractivity (Wildman–Crippen MR) is 115 cm³/mol. The molecule has 0 bridgehead atoms. The number of carbonyl (C=O) groups excluding carboxylic acids is 1. The number of halogens is 1. The average molecular weight is 414 g/mol. The summed E-state index contributed by atoms with van der Waals surface area (Å²) in [5, 5.41) is 1.13. The topological polar surface area (TPSA) is 55.2 Å². The van der Waals surface area contributed by atoms with Crippen molar-refractivity contribution < 1.29 is 9.18 Å². The van der Waals surface area contributed by atoms with Crippen molar-refractivity contribution in [2.24, 2.45) is 0 Å². The zero-order valence-corrected chi connectivity index (χ0v) is 17.4. The lowest BCUT2D eigenvalue weighted by molar-refractivity contribution is -0.128. The van der Waals surface area contributed by atoms with Crippen LogP contribution < -0.4 is 5.56 Å². The van der Waals surface area contributed by atoms with Crippen molar-refractivity contribution in [1.82, 2.24) is 14.5 Å². The first kappa shape index (κ1) is 21.0. The molecule has 0 spiro atoms. The summed E-state index contributed by atoms with van der Waals surface area (Å²) in [5.41, 5.74) is 1.29. The summed E-state index contributed by atoms with van der Waals surface area (Å²) in [5.74, 6) is -0.228. The van der Waals surface area contributed by atoms with Crippen LogP contribution in [0.4, 0.5) is 4.39 Å². The van der Waals surface area contributed by atoms with Crippen molar-refractivity contribution in [3.8, 4) is 0 Å². The highest BCUT2D eigenvalue weighted by atomic mass is 32.2. The maximum absolute atomic E-state index is 13.4. The zero-order valence-electron chi connectivity index (χ0n) is 16.6. The summed E-state index contributed by atoms with van der Waals surface area (Å²) < 4.78 is 15.1. The lowest BCUT2D eigenvalue weighted by atomic mass is 10.2. The Hall–Kier alpha value is -2.67. The van der Waals surface area contributed by atoms with Gasteiger partial charge in [-0.25, -0.2) is 9.37 Å². The molecule has 0 N–H and O–H groups in total. The van der Waals surface area contributed by atoms with Gasteiger partial charge in [0.25, 0.3) is 5.56 Å². The molecule has 0 saturated heterocycles. The van der Waals surface area contributed by atoms with Gasteiger partial charge in [-0.15, -0.1) is 0 Å². The third kappa shape index (κ3) is 5.03. The molecular formula is C22H24FN3O2S. The monoisotopic (exact) mass is 413 g/mol. The van der Waals surface area contributed by atoms with Crippen LogP contribution in [-0.4, -0.2) is 32.7 Å². The predicted octanol–water partition coefficient (Wildman–Crippen LogP) is 4.09. The summed E-state index contributed by atoms with van der Waals surface area (Å²) >= 11 is 1.27. The van der Waals surface area contributed by atoms with Gasteiger partial charge in [0.05, 0.1) is 16.7 Å². The molecule has 0 aliphatic carbocycles. The van der Waals surface area contributed by atoms with Gasteiger partial charge in [-0.05, 0) is 43.2 Å². The Morgan fingerprint density at radius 3 is 2.69 bits per heavy atom. The fourth-order valence-corrected chi connectivity index (χ4v) is 4.06. The van der Waals surface area contributed by atoms with Crippen LogP contribution in [0.25, 0.3) is 10.9 Å². The summed E-state index contributed by atoms with van der Waals surface area (Å²) in [6.07, 6.45) is 0.794. The van der Waals surface area contributed by atoms with Crippen molar-refractivity contribution in [2.75, 3.05) is 12.3 Å². The fourth-order valence-electron chi connectivity index (χ4n) is 3.13. The van der Waals surface area contributed by atoms with E-state index in [-0.39, 0.29) is 23.0 Å². The number of benzene rings is 2. The van der Waals surface area contributed by atoms with E-state index in [0.29, 0.717) is 35.7 Å². The lowest BCUT2D eigenvalue weighted by Crippen LogP contribution is -2.32. The number of nitrogens with zero attached hydrogens (tertiary/aromatic N) is 3. The van der Waals surface area contributed by atoms with E-state index >= 15 is 0 Å². The van der Waals surface area contributed by atoms with E-state index in [9.17, 15) is 14.0 Å². The zero-order chi connectivity index (χ0) is 20.8. The standard InChI is InChI=1S/C22H24FN3O2S/c1-3-12-26-21(28)18-10-5-6-11-19(18)24-22(26)29-15-20(27)25(4-2)14-16-8-7-9-17(23)13-16/h5-11,13H,3-4,12,14-15H2,1-2H3. The van der Waals surface area contributed by atoms with E-state index in [0.717, 1.165) is 12.0 Å². The molecular weight excluding hydrogens is 389 g/mol. The Labute approximate surface area is 173 Å². The summed E-state index contributed by atoms with van der Waals surface area (Å²) in [4.78, 5) is 31.9. The van der Waals surface area contributed by atoms with Crippen molar-refractivity contribution >= 4 is 28.6 Å². The SMILES string of the molecule is CCCn1c(SCC(=O)N(CC)Cc2cccc(F)c2)nc2ccccc2c1=O. The van der Waals surface area contributed by atoms with Gasteiger partial charge in [0.1, 0.15) is 5.82 Å². The number of thioether (sulfide) groups is 1. The molecule has 0 radical (unpaired) electrons. The van der Waals surface area contributed by atoms with Crippen LogP contribution in [0.15, 0.2) is 58.5 Å². The van der Waals surface area contributed by atoms with Crippen LogP contribution in [0.5, 0.6) is 0 Å². The minimum absolute atomic E-state index is 0.0767. The number of rotatable bonds is 8. The fraction of sp³-hybridized carbons (Fsp3) is 0.318. The van der Waals surface area contributed by atoms with E-state index in [2.05, 4.69) is 4.98 Å². The van der Waals surface area contributed by atoms with E-state index < -0.39 is 0 Å². The number of carbonyl (C=O) groups is 1. The summed E-state index contributed by atoms with van der Waals surface area (Å²) in [6, 6.07) is 13.5. The second kappa shape index (κ2) is 9.69. The Bertz CT molecular complexity index is 1070. The molecule has 0 unspecified atom stereocenters. The number of aromatic nitrogens is 2. The Morgan fingerprint density at radius 2 is 1.97 bits per heavy atom. The van der Waals surface area contributed by atoms with Crippen LogP contribution in [0.3, 0.4) is 0 Å². The minimum Gasteiger partial charge on any atom is -0.338 e. The minimum atomic E-state index is -0.315. The normalized spacial score (nSPS) is 11.0. The van der Waals surface area contributed by atoms with Crippen molar-refractivity contribution in [3.05, 3.63) is 70.3 Å². The molecule has 29 heavy (non-hydrogen) atoms. The summed E-state index contributed by atoms with van der Waals surface area (Å²) in [6.45, 7) is 5.31. The smallest absolute Gasteiger partial charge is 0.262 e. The van der Waals surface area contributed by atoms with Gasteiger partial charge in [-0.3, -0.25) is 14.2 Å². The second-order valence-corrected chi connectivity index (χ2v) is 7.64. The molecule has 2 aromatic carbocycles. The second-order valence-electron chi connectivity index (χ2n) is 6.69. The molecule has 1 aromatic heterocycles. The van der Waals surface area contributed by atoms with E-state index in [4.69, 9.17) is 0 Å². The van der Waals surface area contributed by atoms with Crippen LogP contribution in [0.2, 0.25) is 0 Å². The van der Waals surface area contributed by atoms with Gasteiger partial charge in [-0.2, -0.15) is 0 Å². The number of hydrogen-bond acceptors (Lipinski definition) is 4. The maximum Gasteiger partial charge on any atom is 0.262 e. The molecule has 0 aliphatic rings. The largest absolute Gasteiger partial charge is 0.338 e. The number of fused-ring (bicyclic) bond motifs is 1. The average Bonchev–Trinajstić information content (AvgIpc) is 2.72. The molecule has 1 heterocycles. The Balaban J connectivity index is 1.78.